The summed E-state index contributed by atoms with van der Waals surface area (Å²) >= 11 is 0. The molecule has 1 N–H and O–H groups in total. The number of fused-ring (bicyclic) bond motifs is 1. The van der Waals surface area contributed by atoms with Gasteiger partial charge in [0.05, 0.1) is 0 Å². The van der Waals surface area contributed by atoms with E-state index in [1.54, 1.807) is 0 Å². The average Bonchev–Trinajstić information content (AvgIpc) is 3.07. The van der Waals surface area contributed by atoms with Gasteiger partial charge in [-0.05, 0) is 50.8 Å². The molecule has 4 heteroatoms. The van der Waals surface area contributed by atoms with E-state index in [4.69, 9.17) is 14.2 Å². The van der Waals surface area contributed by atoms with Crippen molar-refractivity contribution in [2.45, 2.75) is 57.0 Å². The molecule has 0 atom stereocenters. The van der Waals surface area contributed by atoms with E-state index in [9.17, 15) is 0 Å². The Morgan fingerprint density at radius 2 is 1.68 bits per heavy atom. The molecule has 2 fully saturated rings. The number of ether oxygens (including phenoxy) is 3. The molecule has 0 spiro atoms. The van der Waals surface area contributed by atoms with Crippen molar-refractivity contribution in [3.05, 3.63) is 17.7 Å². The van der Waals surface area contributed by atoms with Crippen LogP contribution in [-0.2, 0) is 0 Å². The molecular weight excluding hydrogens is 278 g/mol. The van der Waals surface area contributed by atoms with E-state index in [1.807, 2.05) is 0 Å². The maximum absolute atomic E-state index is 6.20. The zero-order chi connectivity index (χ0) is 14.8. The molecule has 1 aliphatic carbocycles. The third-order valence-corrected chi connectivity index (χ3v) is 5.14. The lowest BCUT2D eigenvalue weighted by Crippen LogP contribution is -2.34. The highest BCUT2D eigenvalue weighted by Gasteiger charge is 2.29. The Balaban J connectivity index is 1.57. The van der Waals surface area contributed by atoms with Gasteiger partial charge in [-0.1, -0.05) is 25.3 Å². The lowest BCUT2D eigenvalue weighted by molar-refractivity contribution is 0.144. The topological polar surface area (TPSA) is 39.7 Å². The molecule has 1 aromatic rings. The van der Waals surface area contributed by atoms with E-state index in [0.29, 0.717) is 12.7 Å². The SMILES string of the molecule is c1cc(C2CCCCC2)c2c(c1OC1CCNCC1)OCO2. The van der Waals surface area contributed by atoms with Crippen LogP contribution in [0.2, 0.25) is 0 Å². The van der Waals surface area contributed by atoms with Gasteiger partial charge < -0.3 is 19.5 Å². The summed E-state index contributed by atoms with van der Waals surface area (Å²) in [7, 11) is 0. The third kappa shape index (κ3) is 2.76. The summed E-state index contributed by atoms with van der Waals surface area (Å²) in [5.41, 5.74) is 1.32. The van der Waals surface area contributed by atoms with Crippen molar-refractivity contribution in [1.82, 2.24) is 5.32 Å². The molecule has 3 aliphatic rings. The largest absolute Gasteiger partial charge is 0.486 e. The van der Waals surface area contributed by atoms with Crippen LogP contribution in [0.15, 0.2) is 12.1 Å². The minimum absolute atomic E-state index is 0.287. The number of hydrogen-bond acceptors (Lipinski definition) is 4. The van der Waals surface area contributed by atoms with Gasteiger partial charge in [-0.15, -0.1) is 0 Å². The first-order chi connectivity index (χ1) is 10.9. The fraction of sp³-hybridized carbons (Fsp3) is 0.667. The zero-order valence-electron chi connectivity index (χ0n) is 13.1. The van der Waals surface area contributed by atoms with Crippen molar-refractivity contribution in [2.24, 2.45) is 0 Å². The number of benzene rings is 1. The van der Waals surface area contributed by atoms with Gasteiger partial charge in [0.15, 0.2) is 11.5 Å². The molecule has 2 aliphatic heterocycles. The first kappa shape index (κ1) is 14.2. The molecule has 4 nitrogen and oxygen atoms in total. The highest BCUT2D eigenvalue weighted by molar-refractivity contribution is 5.58. The molecule has 0 amide bonds. The summed E-state index contributed by atoms with van der Waals surface area (Å²) < 4.78 is 17.7. The highest BCUT2D eigenvalue weighted by atomic mass is 16.7. The van der Waals surface area contributed by atoms with Gasteiger partial charge in [0.25, 0.3) is 0 Å². The van der Waals surface area contributed by atoms with Crippen molar-refractivity contribution in [3.8, 4) is 17.2 Å². The monoisotopic (exact) mass is 303 g/mol. The van der Waals surface area contributed by atoms with Crippen molar-refractivity contribution in [2.75, 3.05) is 19.9 Å². The lowest BCUT2D eigenvalue weighted by Gasteiger charge is -2.26. The van der Waals surface area contributed by atoms with Gasteiger partial charge in [0, 0.05) is 5.56 Å². The van der Waals surface area contributed by atoms with Gasteiger partial charge in [-0.2, -0.15) is 0 Å². The van der Waals surface area contributed by atoms with E-state index < -0.39 is 0 Å². The van der Waals surface area contributed by atoms with Crippen LogP contribution >= 0.6 is 0 Å². The average molecular weight is 303 g/mol. The van der Waals surface area contributed by atoms with Crippen LogP contribution in [-0.4, -0.2) is 26.0 Å². The third-order valence-electron chi connectivity index (χ3n) is 5.14. The fourth-order valence-corrected chi connectivity index (χ4v) is 3.91. The molecule has 0 bridgehead atoms. The minimum Gasteiger partial charge on any atom is -0.486 e. The van der Waals surface area contributed by atoms with Crippen molar-refractivity contribution in [1.29, 1.82) is 0 Å². The van der Waals surface area contributed by atoms with Crippen LogP contribution in [0.25, 0.3) is 0 Å². The van der Waals surface area contributed by atoms with E-state index >= 15 is 0 Å². The Hall–Kier alpha value is -1.42. The second-order valence-corrected chi connectivity index (χ2v) is 6.62. The Labute approximate surface area is 132 Å². The molecule has 1 saturated carbocycles. The summed E-state index contributed by atoms with van der Waals surface area (Å²) in [5.74, 6) is 3.26. The number of rotatable bonds is 3. The van der Waals surface area contributed by atoms with E-state index in [1.165, 1.54) is 37.7 Å². The molecule has 0 aromatic heterocycles. The number of nitrogens with one attached hydrogen (secondary N) is 1. The summed E-state index contributed by atoms with van der Waals surface area (Å²) in [6, 6.07) is 4.30. The molecule has 1 aromatic carbocycles. The quantitative estimate of drug-likeness (QED) is 0.926. The molecule has 0 radical (unpaired) electrons. The molecule has 22 heavy (non-hydrogen) atoms. The predicted octanol–water partition coefficient (Wildman–Crippen LogP) is 3.59. The van der Waals surface area contributed by atoms with Gasteiger partial charge in [0.1, 0.15) is 6.10 Å². The molecule has 120 valence electrons. The normalized spacial score (nSPS) is 22.7. The van der Waals surface area contributed by atoms with Crippen LogP contribution < -0.4 is 19.5 Å². The number of hydrogen-bond donors (Lipinski definition) is 1. The van der Waals surface area contributed by atoms with E-state index in [-0.39, 0.29) is 6.10 Å². The lowest BCUT2D eigenvalue weighted by atomic mass is 9.83. The summed E-state index contributed by atoms with van der Waals surface area (Å²) in [6.45, 7) is 2.39. The Morgan fingerprint density at radius 1 is 0.909 bits per heavy atom. The first-order valence-corrected chi connectivity index (χ1v) is 8.71. The van der Waals surface area contributed by atoms with Crippen LogP contribution in [0.5, 0.6) is 17.2 Å². The summed E-state index contributed by atoms with van der Waals surface area (Å²) in [5, 5.41) is 3.37. The van der Waals surface area contributed by atoms with Crippen LogP contribution in [0.3, 0.4) is 0 Å². The molecule has 0 unspecified atom stereocenters. The van der Waals surface area contributed by atoms with E-state index in [0.717, 1.165) is 43.2 Å². The van der Waals surface area contributed by atoms with Gasteiger partial charge >= 0.3 is 0 Å². The summed E-state index contributed by atoms with van der Waals surface area (Å²) in [4.78, 5) is 0. The van der Waals surface area contributed by atoms with Crippen molar-refractivity contribution >= 4 is 0 Å². The molecule has 4 rings (SSSR count). The second-order valence-electron chi connectivity index (χ2n) is 6.62. The smallest absolute Gasteiger partial charge is 0.231 e. The van der Waals surface area contributed by atoms with Crippen LogP contribution in [0.4, 0.5) is 0 Å². The predicted molar refractivity (Wildman–Crippen MR) is 84.9 cm³/mol. The van der Waals surface area contributed by atoms with Gasteiger partial charge in [-0.3, -0.25) is 0 Å². The van der Waals surface area contributed by atoms with E-state index in [2.05, 4.69) is 17.4 Å². The molecule has 2 heterocycles. The Morgan fingerprint density at radius 3 is 2.50 bits per heavy atom. The van der Waals surface area contributed by atoms with Gasteiger partial charge in [-0.25, -0.2) is 0 Å². The summed E-state index contributed by atoms with van der Waals surface area (Å²) in [6.07, 6.45) is 8.96. The van der Waals surface area contributed by atoms with Gasteiger partial charge in [0.2, 0.25) is 12.5 Å². The number of piperidine rings is 1. The maximum Gasteiger partial charge on any atom is 0.231 e. The fourth-order valence-electron chi connectivity index (χ4n) is 3.91. The van der Waals surface area contributed by atoms with Crippen molar-refractivity contribution < 1.29 is 14.2 Å². The van der Waals surface area contributed by atoms with Crippen LogP contribution in [0, 0.1) is 0 Å². The second kappa shape index (κ2) is 6.37. The van der Waals surface area contributed by atoms with Crippen molar-refractivity contribution in [3.63, 3.8) is 0 Å². The Bertz CT molecular complexity index is 519. The Kier molecular flexibility index (Phi) is 4.11. The van der Waals surface area contributed by atoms with Crippen LogP contribution in [0.1, 0.15) is 56.4 Å². The highest BCUT2D eigenvalue weighted by Crippen LogP contribution is 2.49. The molecular formula is C18H25NO3. The minimum atomic E-state index is 0.287. The molecule has 1 saturated heterocycles. The maximum atomic E-state index is 6.20. The zero-order valence-corrected chi connectivity index (χ0v) is 13.1. The first-order valence-electron chi connectivity index (χ1n) is 8.71. The standard InChI is InChI=1S/C18H25NO3/c1-2-4-13(5-3-1)15-6-7-16(18-17(15)20-12-21-18)22-14-8-10-19-11-9-14/h6-7,13-14,19H,1-5,8-12H2.